The van der Waals surface area contributed by atoms with Crippen molar-refractivity contribution in [1.82, 2.24) is 9.46 Å². The smallest absolute Gasteiger partial charge is 0.248 e. The van der Waals surface area contributed by atoms with E-state index in [-0.39, 0.29) is 28.8 Å². The summed E-state index contributed by atoms with van der Waals surface area (Å²) in [6.07, 6.45) is 0. The Balaban J connectivity index is 2.22. The lowest BCUT2D eigenvalue weighted by atomic mass is 10.3. The van der Waals surface area contributed by atoms with Crippen LogP contribution in [0.2, 0.25) is 0 Å². The number of sulfonamides is 1. The molecule has 0 bridgehead atoms. The van der Waals surface area contributed by atoms with Gasteiger partial charge in [-0.3, -0.25) is 4.79 Å². The summed E-state index contributed by atoms with van der Waals surface area (Å²) in [5.41, 5.74) is 1.01. The number of anilines is 1. The summed E-state index contributed by atoms with van der Waals surface area (Å²) in [4.78, 5) is 14.1. The van der Waals surface area contributed by atoms with Gasteiger partial charge in [0.2, 0.25) is 15.9 Å². The number of para-hydroxylation sites is 1. The van der Waals surface area contributed by atoms with Crippen LogP contribution in [0, 0.1) is 13.8 Å². The van der Waals surface area contributed by atoms with Crippen molar-refractivity contribution < 1.29 is 17.7 Å². The Kier molecular flexibility index (Phi) is 5.40. The number of carbonyl (C=O) groups excluding carboxylic acids is 1. The van der Waals surface area contributed by atoms with Crippen LogP contribution >= 0.6 is 0 Å². The maximum absolute atomic E-state index is 12.7. The Hall–Kier alpha value is -2.19. The third-order valence-corrected chi connectivity index (χ3v) is 5.73. The van der Waals surface area contributed by atoms with Gasteiger partial charge in [-0.05, 0) is 32.9 Å². The van der Waals surface area contributed by atoms with Crippen LogP contribution in [-0.2, 0) is 14.8 Å². The predicted molar refractivity (Wildman–Crippen MR) is 90.3 cm³/mol. The summed E-state index contributed by atoms with van der Waals surface area (Å²) in [6, 6.07) is 9.13. The minimum atomic E-state index is -3.85. The second kappa shape index (κ2) is 7.14. The van der Waals surface area contributed by atoms with E-state index < -0.39 is 10.0 Å². The van der Waals surface area contributed by atoms with Crippen molar-refractivity contribution in [3.63, 3.8) is 0 Å². The summed E-state index contributed by atoms with van der Waals surface area (Å²) in [5, 5.41) is 3.67. The molecule has 0 unspecified atom stereocenters. The average Bonchev–Trinajstić information content (AvgIpc) is 2.88. The molecule has 0 N–H and O–H groups in total. The van der Waals surface area contributed by atoms with Crippen LogP contribution in [-0.4, -0.2) is 43.9 Å². The molecule has 2 rings (SSSR count). The molecule has 1 aromatic heterocycles. The zero-order valence-corrected chi connectivity index (χ0v) is 15.0. The fourth-order valence-electron chi connectivity index (χ4n) is 2.47. The second-order valence-corrected chi connectivity index (χ2v) is 7.37. The SMILES string of the molecule is CCN(C(=O)CN(C)S(=O)(=O)c1c(C)noc1C)c1ccccc1. The Bertz CT molecular complexity index is 796. The predicted octanol–water partition coefficient (Wildman–Crippen LogP) is 1.97. The quantitative estimate of drug-likeness (QED) is 0.794. The minimum Gasteiger partial charge on any atom is -0.360 e. The summed E-state index contributed by atoms with van der Waals surface area (Å²) < 4.78 is 31.3. The molecule has 0 aliphatic carbocycles. The van der Waals surface area contributed by atoms with Crippen LogP contribution in [0.5, 0.6) is 0 Å². The van der Waals surface area contributed by atoms with Crippen molar-refractivity contribution in [3.8, 4) is 0 Å². The molecule has 7 nitrogen and oxygen atoms in total. The number of carbonyl (C=O) groups is 1. The zero-order chi connectivity index (χ0) is 17.9. The van der Waals surface area contributed by atoms with E-state index in [9.17, 15) is 13.2 Å². The van der Waals surface area contributed by atoms with Crippen molar-refractivity contribution >= 4 is 21.6 Å². The van der Waals surface area contributed by atoms with Crippen molar-refractivity contribution in [2.75, 3.05) is 25.0 Å². The average molecular weight is 351 g/mol. The Morgan fingerprint density at radius 2 is 1.83 bits per heavy atom. The summed E-state index contributed by atoms with van der Waals surface area (Å²) >= 11 is 0. The number of amides is 1. The van der Waals surface area contributed by atoms with Crippen molar-refractivity contribution in [2.24, 2.45) is 0 Å². The van der Waals surface area contributed by atoms with Gasteiger partial charge in [-0.25, -0.2) is 8.42 Å². The molecule has 0 aliphatic heterocycles. The Labute approximate surface area is 141 Å². The summed E-state index contributed by atoms with van der Waals surface area (Å²) in [5.74, 6) is -0.0938. The monoisotopic (exact) mass is 351 g/mol. The van der Waals surface area contributed by atoms with Gasteiger partial charge in [0.25, 0.3) is 0 Å². The van der Waals surface area contributed by atoms with Crippen LogP contribution < -0.4 is 4.90 Å². The molecule has 0 saturated carbocycles. The Morgan fingerprint density at radius 1 is 1.21 bits per heavy atom. The lowest BCUT2D eigenvalue weighted by Crippen LogP contribution is -2.41. The molecule has 2 aromatic rings. The Morgan fingerprint density at radius 3 is 2.33 bits per heavy atom. The van der Waals surface area contributed by atoms with Crippen LogP contribution in [0.4, 0.5) is 5.69 Å². The van der Waals surface area contributed by atoms with Crippen LogP contribution in [0.25, 0.3) is 0 Å². The molecule has 0 atom stereocenters. The van der Waals surface area contributed by atoms with E-state index in [4.69, 9.17) is 4.52 Å². The molecular formula is C16H21N3O4S. The first-order chi connectivity index (χ1) is 11.3. The fourth-order valence-corrected chi connectivity index (χ4v) is 3.87. The van der Waals surface area contributed by atoms with Crippen molar-refractivity contribution in [1.29, 1.82) is 0 Å². The van der Waals surface area contributed by atoms with Gasteiger partial charge in [-0.15, -0.1) is 0 Å². The number of likely N-dealkylation sites (N-methyl/N-ethyl adjacent to an activating group) is 2. The van der Waals surface area contributed by atoms with Crippen LogP contribution in [0.1, 0.15) is 18.4 Å². The molecule has 0 aliphatic rings. The molecule has 0 radical (unpaired) electrons. The van der Waals surface area contributed by atoms with Gasteiger partial charge in [0, 0.05) is 19.3 Å². The molecule has 8 heteroatoms. The number of benzene rings is 1. The van der Waals surface area contributed by atoms with Gasteiger partial charge in [0.15, 0.2) is 5.76 Å². The first-order valence-electron chi connectivity index (χ1n) is 7.53. The van der Waals surface area contributed by atoms with Crippen molar-refractivity contribution in [3.05, 3.63) is 41.8 Å². The number of nitrogens with zero attached hydrogens (tertiary/aromatic N) is 3. The molecule has 0 fully saturated rings. The fraction of sp³-hybridized carbons (Fsp3) is 0.375. The largest absolute Gasteiger partial charge is 0.360 e. The lowest BCUT2D eigenvalue weighted by Gasteiger charge is -2.24. The minimum absolute atomic E-state index is 0.0144. The highest BCUT2D eigenvalue weighted by molar-refractivity contribution is 7.89. The maximum atomic E-state index is 12.7. The first-order valence-corrected chi connectivity index (χ1v) is 8.97. The highest BCUT2D eigenvalue weighted by Gasteiger charge is 2.30. The second-order valence-electron chi connectivity index (χ2n) is 5.39. The van der Waals surface area contributed by atoms with E-state index >= 15 is 0 Å². The number of hydrogen-bond acceptors (Lipinski definition) is 5. The highest BCUT2D eigenvalue weighted by Crippen LogP contribution is 2.22. The molecule has 1 heterocycles. The standard InChI is InChI=1S/C16H21N3O4S/c1-5-19(14-9-7-6-8-10-14)15(20)11-18(4)24(21,22)16-12(2)17-23-13(16)3/h6-10H,5,11H2,1-4H3. The lowest BCUT2D eigenvalue weighted by molar-refractivity contribution is -0.118. The van der Waals surface area contributed by atoms with Gasteiger partial charge in [0.1, 0.15) is 10.6 Å². The van der Waals surface area contributed by atoms with Crippen molar-refractivity contribution in [2.45, 2.75) is 25.7 Å². The van der Waals surface area contributed by atoms with Gasteiger partial charge in [-0.2, -0.15) is 4.31 Å². The number of rotatable bonds is 6. The molecular weight excluding hydrogens is 330 g/mol. The van der Waals surface area contributed by atoms with E-state index in [1.54, 1.807) is 11.8 Å². The van der Waals surface area contributed by atoms with Crippen LogP contribution in [0.3, 0.4) is 0 Å². The highest BCUT2D eigenvalue weighted by atomic mass is 32.2. The summed E-state index contributed by atoms with van der Waals surface area (Å²) in [6.45, 7) is 5.11. The number of aromatic nitrogens is 1. The number of aryl methyl sites for hydroxylation is 2. The molecule has 1 aromatic carbocycles. The van der Waals surface area contributed by atoms with Crippen LogP contribution in [0.15, 0.2) is 39.8 Å². The van der Waals surface area contributed by atoms with E-state index in [1.165, 1.54) is 14.0 Å². The zero-order valence-electron chi connectivity index (χ0n) is 14.2. The summed E-state index contributed by atoms with van der Waals surface area (Å²) in [7, 11) is -2.47. The molecule has 1 amide bonds. The van der Waals surface area contributed by atoms with E-state index in [0.29, 0.717) is 6.54 Å². The van der Waals surface area contributed by atoms with Gasteiger partial charge in [0.05, 0.1) is 6.54 Å². The molecule has 24 heavy (non-hydrogen) atoms. The third kappa shape index (κ3) is 3.49. The van der Waals surface area contributed by atoms with E-state index in [0.717, 1.165) is 9.99 Å². The molecule has 0 saturated heterocycles. The molecule has 0 spiro atoms. The first kappa shape index (κ1) is 18.2. The molecule has 130 valence electrons. The normalized spacial score (nSPS) is 11.7. The maximum Gasteiger partial charge on any atom is 0.248 e. The number of hydrogen-bond donors (Lipinski definition) is 0. The van der Waals surface area contributed by atoms with Gasteiger partial charge < -0.3 is 9.42 Å². The van der Waals surface area contributed by atoms with E-state index in [2.05, 4.69) is 5.16 Å². The third-order valence-electron chi connectivity index (χ3n) is 3.68. The van der Waals surface area contributed by atoms with Gasteiger partial charge in [-0.1, -0.05) is 23.4 Å². The van der Waals surface area contributed by atoms with Gasteiger partial charge >= 0.3 is 0 Å². The van der Waals surface area contributed by atoms with E-state index in [1.807, 2.05) is 37.3 Å². The topological polar surface area (TPSA) is 83.7 Å².